The standard InChI is InChI=1S/C21H29FO2/c1-4-21(24)18(22)12-17-15-6-5-13-11-14(23)7-9-19(13,2)16(15)8-10-20(17,21)3/h1,5,14-18,23-24H,6-12H2,2-3H3/t14?,15-,16-,17+,18?,19+,20+,21?/m1/s1. The Kier molecular flexibility index (Phi) is 3.52. The molecule has 0 aliphatic heterocycles. The zero-order chi connectivity index (χ0) is 17.3. The van der Waals surface area contributed by atoms with Gasteiger partial charge in [-0.25, -0.2) is 4.39 Å². The Balaban J connectivity index is 1.71. The van der Waals surface area contributed by atoms with E-state index in [0.717, 1.165) is 38.5 Å². The molecule has 0 spiro atoms. The summed E-state index contributed by atoms with van der Waals surface area (Å²) in [6.45, 7) is 4.36. The van der Waals surface area contributed by atoms with Crippen molar-refractivity contribution in [3.8, 4) is 12.3 Å². The number of aliphatic hydroxyl groups excluding tert-OH is 1. The van der Waals surface area contributed by atoms with Gasteiger partial charge in [-0.05, 0) is 68.1 Å². The second-order valence-corrected chi connectivity index (χ2v) is 9.23. The monoisotopic (exact) mass is 332 g/mol. The lowest BCUT2D eigenvalue weighted by Gasteiger charge is -2.58. The zero-order valence-electron chi connectivity index (χ0n) is 14.8. The van der Waals surface area contributed by atoms with Gasteiger partial charge in [0.2, 0.25) is 0 Å². The summed E-state index contributed by atoms with van der Waals surface area (Å²) in [7, 11) is 0. The summed E-state index contributed by atoms with van der Waals surface area (Å²) in [6, 6.07) is 0. The highest BCUT2D eigenvalue weighted by Gasteiger charge is 2.67. The van der Waals surface area contributed by atoms with Crippen molar-refractivity contribution >= 4 is 0 Å². The van der Waals surface area contributed by atoms with E-state index in [1.807, 2.05) is 6.92 Å². The van der Waals surface area contributed by atoms with E-state index in [9.17, 15) is 14.6 Å². The van der Waals surface area contributed by atoms with Gasteiger partial charge in [-0.1, -0.05) is 31.4 Å². The molecule has 4 aliphatic carbocycles. The molecule has 3 saturated carbocycles. The van der Waals surface area contributed by atoms with Crippen molar-refractivity contribution in [2.45, 2.75) is 76.7 Å². The third kappa shape index (κ3) is 1.85. The van der Waals surface area contributed by atoms with Crippen LogP contribution in [0.3, 0.4) is 0 Å². The van der Waals surface area contributed by atoms with Crippen molar-refractivity contribution in [3.63, 3.8) is 0 Å². The minimum atomic E-state index is -1.61. The van der Waals surface area contributed by atoms with Crippen molar-refractivity contribution in [2.75, 3.05) is 0 Å². The molecule has 2 N–H and O–H groups in total. The van der Waals surface area contributed by atoms with Crippen LogP contribution >= 0.6 is 0 Å². The lowest BCUT2D eigenvalue weighted by molar-refractivity contribution is -0.108. The minimum absolute atomic E-state index is 0.131. The lowest BCUT2D eigenvalue weighted by atomic mass is 9.47. The zero-order valence-corrected chi connectivity index (χ0v) is 14.8. The number of hydrogen-bond acceptors (Lipinski definition) is 2. The Morgan fingerprint density at radius 1 is 1.25 bits per heavy atom. The number of aliphatic hydroxyl groups is 2. The molecule has 0 aromatic rings. The first-order chi connectivity index (χ1) is 11.3. The molecule has 132 valence electrons. The third-order valence-corrected chi connectivity index (χ3v) is 8.47. The maximum atomic E-state index is 14.7. The largest absolute Gasteiger partial charge is 0.393 e. The molecule has 24 heavy (non-hydrogen) atoms. The van der Waals surface area contributed by atoms with E-state index in [2.05, 4.69) is 18.9 Å². The molecule has 0 radical (unpaired) electrons. The van der Waals surface area contributed by atoms with E-state index in [4.69, 9.17) is 6.42 Å². The summed E-state index contributed by atoms with van der Waals surface area (Å²) in [5, 5.41) is 20.9. The third-order valence-electron chi connectivity index (χ3n) is 8.47. The van der Waals surface area contributed by atoms with Gasteiger partial charge in [-0.2, -0.15) is 0 Å². The molecule has 3 heteroatoms. The molecule has 0 amide bonds. The molecular formula is C21H29FO2. The van der Waals surface area contributed by atoms with Gasteiger partial charge >= 0.3 is 0 Å². The SMILES string of the molecule is C#CC1(O)C(F)C[C@H]2[C@@H]3CC=C4CC(O)CC[C@]4(C)[C@@H]3CC[C@@]21C. The quantitative estimate of drug-likeness (QED) is 0.525. The van der Waals surface area contributed by atoms with Crippen LogP contribution in [0.5, 0.6) is 0 Å². The Hall–Kier alpha value is -0.850. The fourth-order valence-corrected chi connectivity index (χ4v) is 6.88. The van der Waals surface area contributed by atoms with Crippen molar-refractivity contribution < 1.29 is 14.6 Å². The predicted molar refractivity (Wildman–Crippen MR) is 91.8 cm³/mol. The summed E-state index contributed by atoms with van der Waals surface area (Å²) in [5.41, 5.74) is -0.589. The Bertz CT molecular complexity index is 622. The molecule has 2 nitrogen and oxygen atoms in total. The number of allylic oxidation sites excluding steroid dienone is 1. The summed E-state index contributed by atoms with van der Waals surface area (Å²) in [6.07, 6.45) is 12.2. The predicted octanol–water partition coefficient (Wildman–Crippen LogP) is 3.62. The molecule has 0 saturated heterocycles. The van der Waals surface area contributed by atoms with Gasteiger partial charge in [-0.15, -0.1) is 6.42 Å². The highest BCUT2D eigenvalue weighted by molar-refractivity contribution is 5.30. The van der Waals surface area contributed by atoms with Crippen molar-refractivity contribution in [3.05, 3.63) is 11.6 Å². The molecule has 4 rings (SSSR count). The smallest absolute Gasteiger partial charge is 0.161 e. The molecule has 3 unspecified atom stereocenters. The van der Waals surface area contributed by atoms with Crippen LogP contribution < -0.4 is 0 Å². The van der Waals surface area contributed by atoms with Gasteiger partial charge in [0.15, 0.2) is 5.60 Å². The number of rotatable bonds is 0. The van der Waals surface area contributed by atoms with Gasteiger partial charge in [0, 0.05) is 5.41 Å². The molecule has 0 aromatic carbocycles. The Labute approximate surface area is 144 Å². The van der Waals surface area contributed by atoms with E-state index in [1.54, 1.807) is 0 Å². The van der Waals surface area contributed by atoms with Crippen LogP contribution in [0.2, 0.25) is 0 Å². The van der Waals surface area contributed by atoms with Crippen molar-refractivity contribution in [2.24, 2.45) is 28.6 Å². The minimum Gasteiger partial charge on any atom is -0.393 e. The highest BCUT2D eigenvalue weighted by atomic mass is 19.1. The van der Waals surface area contributed by atoms with E-state index in [1.165, 1.54) is 5.57 Å². The molecule has 3 fully saturated rings. The average Bonchev–Trinajstić information content (AvgIpc) is 2.76. The van der Waals surface area contributed by atoms with Gasteiger partial charge in [0.1, 0.15) is 6.17 Å². The maximum Gasteiger partial charge on any atom is 0.161 e. The second kappa shape index (κ2) is 5.08. The van der Waals surface area contributed by atoms with E-state index in [0.29, 0.717) is 18.3 Å². The first kappa shape index (κ1) is 16.6. The van der Waals surface area contributed by atoms with Crippen molar-refractivity contribution in [1.82, 2.24) is 0 Å². The van der Waals surface area contributed by atoms with Crippen LogP contribution in [-0.2, 0) is 0 Å². The lowest BCUT2D eigenvalue weighted by Crippen LogP contribution is -2.55. The van der Waals surface area contributed by atoms with E-state index >= 15 is 0 Å². The topological polar surface area (TPSA) is 40.5 Å². The number of hydrogen-bond donors (Lipinski definition) is 2. The number of alkyl halides is 1. The van der Waals surface area contributed by atoms with Crippen LogP contribution in [0, 0.1) is 40.9 Å². The highest BCUT2D eigenvalue weighted by Crippen LogP contribution is 2.67. The van der Waals surface area contributed by atoms with Crippen LogP contribution in [-0.4, -0.2) is 28.1 Å². The number of halogens is 1. The maximum absolute atomic E-state index is 14.7. The van der Waals surface area contributed by atoms with Gasteiger partial charge in [0.05, 0.1) is 6.10 Å². The number of fused-ring (bicyclic) bond motifs is 5. The molecular weight excluding hydrogens is 303 g/mol. The molecule has 8 atom stereocenters. The molecule has 0 bridgehead atoms. The van der Waals surface area contributed by atoms with E-state index < -0.39 is 17.2 Å². The average molecular weight is 332 g/mol. The van der Waals surface area contributed by atoms with Gasteiger partial charge in [0.25, 0.3) is 0 Å². The Morgan fingerprint density at radius 3 is 2.71 bits per heavy atom. The summed E-state index contributed by atoms with van der Waals surface area (Å²) >= 11 is 0. The fraction of sp³-hybridized carbons (Fsp3) is 0.810. The summed E-state index contributed by atoms with van der Waals surface area (Å²) in [4.78, 5) is 0. The molecule has 4 aliphatic rings. The molecule has 0 aromatic heterocycles. The summed E-state index contributed by atoms with van der Waals surface area (Å²) < 4.78 is 14.7. The van der Waals surface area contributed by atoms with Crippen LogP contribution in [0.25, 0.3) is 0 Å². The van der Waals surface area contributed by atoms with Crippen molar-refractivity contribution in [1.29, 1.82) is 0 Å². The molecule has 0 heterocycles. The van der Waals surface area contributed by atoms with Gasteiger partial charge in [-0.3, -0.25) is 0 Å². The van der Waals surface area contributed by atoms with Crippen LogP contribution in [0.15, 0.2) is 11.6 Å². The normalized spacial score (nSPS) is 56.5. The first-order valence-corrected chi connectivity index (χ1v) is 9.48. The van der Waals surface area contributed by atoms with Gasteiger partial charge < -0.3 is 10.2 Å². The number of terminal acetylenes is 1. The first-order valence-electron chi connectivity index (χ1n) is 9.48. The van der Waals surface area contributed by atoms with E-state index in [-0.39, 0.29) is 17.4 Å². The van der Waals surface area contributed by atoms with Crippen LogP contribution in [0.4, 0.5) is 4.39 Å². The Morgan fingerprint density at radius 2 is 2.00 bits per heavy atom. The van der Waals surface area contributed by atoms with Crippen LogP contribution in [0.1, 0.15) is 58.8 Å². The fourth-order valence-electron chi connectivity index (χ4n) is 6.88. The summed E-state index contributed by atoms with van der Waals surface area (Å²) in [5.74, 6) is 3.50. The second-order valence-electron chi connectivity index (χ2n) is 9.23.